The number of allylic oxidation sites excluding steroid dienone is 1. The summed E-state index contributed by atoms with van der Waals surface area (Å²) in [6.45, 7) is 6.46. The molecule has 0 saturated carbocycles. The van der Waals surface area contributed by atoms with E-state index in [1.54, 1.807) is 11.8 Å². The fraction of sp³-hybridized carbons (Fsp3) is 0.171. The number of aryl methyl sites for hydroxylation is 1. The summed E-state index contributed by atoms with van der Waals surface area (Å²) in [5.74, 6) is -0.337. The number of carboxylic acids is 1. The quantitative estimate of drug-likeness (QED) is 0.265. The summed E-state index contributed by atoms with van der Waals surface area (Å²) in [4.78, 5) is 25.8. The van der Waals surface area contributed by atoms with Crippen molar-refractivity contribution in [2.45, 2.75) is 38.8 Å². The minimum absolute atomic E-state index is 0.0221. The molecule has 0 fully saturated rings. The standard InChI is InChI=1S/C33H28N3O2S2.C2H4O2/c1-4-35-25-16-14-22-11-7-9-13-24(22)32(25)38-28(35)20-30-36(5-2)33(37)27(40-30)18-19-29-34(3)31-23-12-8-6-10-21(23)15-17-26(31)39-29;1-2(3)4/h6-20H,4-5H2,1-3H3;1H3,(H,3,4)/q+1;/p-1/b27-18-,29-19-;. The van der Waals surface area contributed by atoms with E-state index in [9.17, 15) is 4.79 Å². The van der Waals surface area contributed by atoms with Gasteiger partial charge in [0, 0.05) is 41.3 Å². The van der Waals surface area contributed by atoms with Crippen LogP contribution in [0.5, 0.6) is 0 Å². The maximum absolute atomic E-state index is 13.4. The molecule has 0 atom stereocenters. The molecule has 3 heterocycles. The highest BCUT2D eigenvalue weighted by molar-refractivity contribution is 8.03. The number of thioether (sulfide) groups is 1. The van der Waals surface area contributed by atoms with E-state index >= 15 is 0 Å². The fourth-order valence-corrected chi connectivity index (χ4v) is 7.68. The van der Waals surface area contributed by atoms with Crippen LogP contribution in [0.4, 0.5) is 5.69 Å². The fourth-order valence-electron chi connectivity index (χ4n) is 5.57. The molecule has 2 aromatic heterocycles. The average Bonchev–Trinajstić information content (AvgIpc) is 3.65. The first-order valence-corrected chi connectivity index (χ1v) is 16.0. The Morgan fingerprint density at radius 2 is 1.61 bits per heavy atom. The van der Waals surface area contributed by atoms with Gasteiger partial charge in [-0.1, -0.05) is 66.4 Å². The molecule has 1 aliphatic heterocycles. The lowest BCUT2D eigenvalue weighted by Gasteiger charge is -2.15. The van der Waals surface area contributed by atoms with Crippen molar-refractivity contribution < 1.29 is 18.9 Å². The molecule has 0 saturated heterocycles. The summed E-state index contributed by atoms with van der Waals surface area (Å²) in [7, 11) is 2.09. The normalized spacial score (nSPS) is 14.5. The van der Waals surface area contributed by atoms with E-state index in [1.807, 2.05) is 35.8 Å². The van der Waals surface area contributed by atoms with E-state index in [0.717, 1.165) is 50.9 Å². The Hall–Kier alpha value is -4.60. The van der Waals surface area contributed by atoms with Crippen molar-refractivity contribution in [3.05, 3.63) is 109 Å². The van der Waals surface area contributed by atoms with Crippen LogP contribution < -0.4 is 29.3 Å². The topological polar surface area (TPSA) is 82.4 Å². The minimum Gasteiger partial charge on any atom is -0.550 e. The Balaban J connectivity index is 0.000000810. The number of carboxylic acid groups (broad SMARTS) is 1. The lowest BCUT2D eigenvalue weighted by atomic mass is 10.1. The van der Waals surface area contributed by atoms with E-state index in [2.05, 4.69) is 90.2 Å². The van der Waals surface area contributed by atoms with Gasteiger partial charge in [-0.3, -0.25) is 9.36 Å². The van der Waals surface area contributed by atoms with Gasteiger partial charge < -0.3 is 19.2 Å². The number of thiazole rings is 1. The molecule has 44 heavy (non-hydrogen) atoms. The van der Waals surface area contributed by atoms with Crippen molar-refractivity contribution in [2.24, 2.45) is 0 Å². The third kappa shape index (κ3) is 5.33. The zero-order valence-electron chi connectivity index (χ0n) is 24.9. The summed E-state index contributed by atoms with van der Waals surface area (Å²) in [6, 6.07) is 25.3. The molecule has 0 spiro atoms. The highest BCUT2D eigenvalue weighted by atomic mass is 32.2. The highest BCUT2D eigenvalue weighted by Crippen LogP contribution is 2.48. The summed E-state index contributed by atoms with van der Waals surface area (Å²) in [6.07, 6.45) is 6.04. The summed E-state index contributed by atoms with van der Waals surface area (Å²) in [5.41, 5.74) is 3.17. The molecule has 0 bridgehead atoms. The second-order valence-electron chi connectivity index (χ2n) is 10.3. The Labute approximate surface area is 262 Å². The van der Waals surface area contributed by atoms with Gasteiger partial charge in [0.25, 0.3) is 11.1 Å². The molecule has 0 aliphatic carbocycles. The molecule has 6 aromatic rings. The number of nitrogens with zero attached hydrogens (tertiary/aromatic N) is 3. The molecule has 7 nitrogen and oxygen atoms in total. The van der Waals surface area contributed by atoms with Gasteiger partial charge in [-0.25, -0.2) is 0 Å². The van der Waals surface area contributed by atoms with E-state index in [4.69, 9.17) is 14.3 Å². The smallest absolute Gasteiger partial charge is 0.377 e. The van der Waals surface area contributed by atoms with Crippen LogP contribution in [-0.2, 0) is 17.9 Å². The third-order valence-corrected chi connectivity index (χ3v) is 9.81. The van der Waals surface area contributed by atoms with Gasteiger partial charge in [-0.2, -0.15) is 4.57 Å². The van der Waals surface area contributed by atoms with Crippen LogP contribution in [0.3, 0.4) is 0 Å². The molecular formula is C35H31N3O4S2. The van der Waals surface area contributed by atoms with Crippen LogP contribution in [-0.4, -0.2) is 17.6 Å². The Bertz CT molecular complexity index is 2270. The predicted octanol–water partition coefficient (Wildman–Crippen LogP) is 4.74. The Kier molecular flexibility index (Phi) is 8.16. The van der Waals surface area contributed by atoms with E-state index in [-0.39, 0.29) is 5.56 Å². The first-order chi connectivity index (χ1) is 21.3. The summed E-state index contributed by atoms with van der Waals surface area (Å²) < 4.78 is 12.0. The summed E-state index contributed by atoms with van der Waals surface area (Å²) in [5, 5.41) is 14.7. The number of fused-ring (bicyclic) bond motifs is 6. The molecule has 7 rings (SSSR count). The van der Waals surface area contributed by atoms with Crippen LogP contribution in [0, 0.1) is 0 Å². The number of hydrogen-bond acceptors (Lipinski definition) is 7. The molecule has 222 valence electrons. The number of anilines is 1. The molecule has 0 amide bonds. The monoisotopic (exact) mass is 621 g/mol. The average molecular weight is 622 g/mol. The number of benzene rings is 4. The molecule has 0 N–H and O–H groups in total. The number of carbonyl (C=O) groups is 1. The zero-order chi connectivity index (χ0) is 31.0. The zero-order valence-corrected chi connectivity index (χ0v) is 26.5. The van der Waals surface area contributed by atoms with Crippen molar-refractivity contribution in [3.8, 4) is 0 Å². The highest BCUT2D eigenvalue weighted by Gasteiger charge is 2.24. The molecule has 9 heteroatoms. The van der Waals surface area contributed by atoms with Crippen LogP contribution in [0.1, 0.15) is 26.7 Å². The SMILES string of the molecule is CC(=O)[O-].CCn1c(=O)/c(=C/C=C2\Sc3ccc4ccccc4c3N2C)s/c1=C\c1oc2c3ccccc3ccc2[n+]1CC. The second-order valence-corrected chi connectivity index (χ2v) is 12.4. The largest absolute Gasteiger partial charge is 0.550 e. The van der Waals surface area contributed by atoms with Crippen molar-refractivity contribution in [1.29, 1.82) is 0 Å². The van der Waals surface area contributed by atoms with Crippen molar-refractivity contribution in [1.82, 2.24) is 4.57 Å². The van der Waals surface area contributed by atoms with Gasteiger partial charge in [0.05, 0.1) is 21.3 Å². The molecule has 4 aromatic carbocycles. The maximum Gasteiger partial charge on any atom is 0.377 e. The third-order valence-electron chi connectivity index (χ3n) is 7.56. The number of aromatic nitrogens is 2. The molecule has 0 radical (unpaired) electrons. The van der Waals surface area contributed by atoms with Crippen LogP contribution in [0.2, 0.25) is 0 Å². The van der Waals surface area contributed by atoms with E-state index < -0.39 is 5.97 Å². The molecule has 0 unspecified atom stereocenters. The number of carbonyl (C=O) groups excluding carboxylic acids is 1. The Morgan fingerprint density at radius 1 is 0.955 bits per heavy atom. The maximum atomic E-state index is 13.4. The van der Waals surface area contributed by atoms with Gasteiger partial charge in [-0.05, 0) is 55.8 Å². The lowest BCUT2D eigenvalue weighted by Crippen LogP contribution is -2.35. The number of hydrogen-bond donors (Lipinski definition) is 0. The van der Waals surface area contributed by atoms with E-state index in [0.29, 0.717) is 11.1 Å². The van der Waals surface area contributed by atoms with Crippen LogP contribution in [0.25, 0.3) is 44.8 Å². The number of rotatable bonds is 4. The lowest BCUT2D eigenvalue weighted by molar-refractivity contribution is -0.674. The Morgan fingerprint density at radius 3 is 2.32 bits per heavy atom. The predicted molar refractivity (Wildman–Crippen MR) is 178 cm³/mol. The first-order valence-electron chi connectivity index (χ1n) is 14.4. The number of oxazole rings is 1. The first kappa shape index (κ1) is 29.5. The molecule has 1 aliphatic rings. The van der Waals surface area contributed by atoms with Gasteiger partial charge in [0.15, 0.2) is 0 Å². The minimum atomic E-state index is -1.08. The number of aliphatic carboxylic acids is 1. The van der Waals surface area contributed by atoms with Gasteiger partial charge in [-0.15, -0.1) is 11.3 Å². The van der Waals surface area contributed by atoms with Gasteiger partial charge in [0.2, 0.25) is 5.58 Å². The van der Waals surface area contributed by atoms with Crippen molar-refractivity contribution in [2.75, 3.05) is 11.9 Å². The van der Waals surface area contributed by atoms with Gasteiger partial charge >= 0.3 is 5.89 Å². The molecular weight excluding hydrogens is 591 g/mol. The van der Waals surface area contributed by atoms with Crippen molar-refractivity contribution >= 4 is 79.6 Å². The van der Waals surface area contributed by atoms with Crippen LogP contribution >= 0.6 is 23.1 Å². The van der Waals surface area contributed by atoms with Crippen molar-refractivity contribution in [3.63, 3.8) is 0 Å². The summed E-state index contributed by atoms with van der Waals surface area (Å²) >= 11 is 3.24. The van der Waals surface area contributed by atoms with E-state index in [1.165, 1.54) is 32.7 Å². The second kappa shape index (κ2) is 12.2. The van der Waals surface area contributed by atoms with Gasteiger partial charge in [0.1, 0.15) is 11.2 Å². The van der Waals surface area contributed by atoms with Crippen LogP contribution in [0.15, 0.2) is 98.0 Å².